The number of carbonyl (C=O) groups excluding carboxylic acids is 1. The van der Waals surface area contributed by atoms with Crippen molar-refractivity contribution in [2.75, 3.05) is 5.32 Å². The van der Waals surface area contributed by atoms with Crippen molar-refractivity contribution in [1.82, 2.24) is 10.2 Å². The van der Waals surface area contributed by atoms with E-state index < -0.39 is 0 Å². The van der Waals surface area contributed by atoms with Gasteiger partial charge in [-0.1, -0.05) is 32.9 Å². The van der Waals surface area contributed by atoms with Gasteiger partial charge in [-0.3, -0.25) is 9.89 Å². The second-order valence-electron chi connectivity index (χ2n) is 7.00. The van der Waals surface area contributed by atoms with Crippen LogP contribution in [0.3, 0.4) is 0 Å². The zero-order chi connectivity index (χ0) is 18.0. The number of amides is 1. The number of hydrogen-bond donors (Lipinski definition) is 3. The maximum Gasteiger partial charge on any atom is 0.273 e. The van der Waals surface area contributed by atoms with Gasteiger partial charge in [0.1, 0.15) is 11.4 Å². The van der Waals surface area contributed by atoms with Crippen molar-refractivity contribution in [2.24, 2.45) is 0 Å². The average molecular weight is 335 g/mol. The molecule has 0 aliphatic heterocycles. The van der Waals surface area contributed by atoms with E-state index in [0.29, 0.717) is 11.4 Å². The minimum atomic E-state index is -0.249. The number of anilines is 1. The molecule has 0 saturated heterocycles. The van der Waals surface area contributed by atoms with Crippen LogP contribution in [0.4, 0.5) is 5.69 Å². The number of rotatable bonds is 3. The van der Waals surface area contributed by atoms with E-state index in [1.165, 1.54) is 5.56 Å². The highest BCUT2D eigenvalue weighted by atomic mass is 16.3. The molecule has 1 aromatic heterocycles. The molecule has 1 amide bonds. The monoisotopic (exact) mass is 335 g/mol. The standard InChI is InChI=1S/C20H21N3O2/c1-20(2,3)14-6-8-15(9-7-14)21-19(25)18-12-17(22-23-18)13-4-10-16(24)11-5-13/h4-12,24H,1-3H3,(H,21,25)(H,22,23). The molecule has 0 fully saturated rings. The van der Waals surface area contributed by atoms with E-state index in [0.717, 1.165) is 11.3 Å². The SMILES string of the molecule is CC(C)(C)c1ccc(NC(=O)c2cc(-c3ccc(O)cc3)n[nH]2)cc1. The Bertz CT molecular complexity index is 873. The van der Waals surface area contributed by atoms with Gasteiger partial charge in [-0.15, -0.1) is 0 Å². The maximum atomic E-state index is 12.4. The van der Waals surface area contributed by atoms with Gasteiger partial charge in [0.2, 0.25) is 0 Å². The Balaban J connectivity index is 1.72. The third kappa shape index (κ3) is 3.88. The molecule has 3 rings (SSSR count). The summed E-state index contributed by atoms with van der Waals surface area (Å²) < 4.78 is 0. The second-order valence-corrected chi connectivity index (χ2v) is 7.00. The summed E-state index contributed by atoms with van der Waals surface area (Å²) in [6, 6.07) is 16.2. The van der Waals surface area contributed by atoms with Crippen LogP contribution in [-0.2, 0) is 5.41 Å². The van der Waals surface area contributed by atoms with Gasteiger partial charge < -0.3 is 10.4 Å². The molecule has 2 aromatic carbocycles. The number of aromatic amines is 1. The lowest BCUT2D eigenvalue weighted by Gasteiger charge is -2.19. The highest BCUT2D eigenvalue weighted by Crippen LogP contribution is 2.24. The summed E-state index contributed by atoms with van der Waals surface area (Å²) >= 11 is 0. The van der Waals surface area contributed by atoms with Gasteiger partial charge in [-0.25, -0.2) is 0 Å². The van der Waals surface area contributed by atoms with E-state index in [1.807, 2.05) is 24.3 Å². The minimum Gasteiger partial charge on any atom is -0.508 e. The van der Waals surface area contributed by atoms with Gasteiger partial charge in [-0.2, -0.15) is 5.10 Å². The van der Waals surface area contributed by atoms with Crippen molar-refractivity contribution in [1.29, 1.82) is 0 Å². The number of hydrogen-bond acceptors (Lipinski definition) is 3. The number of aromatic nitrogens is 2. The van der Waals surface area contributed by atoms with Crippen LogP contribution in [0.25, 0.3) is 11.3 Å². The molecule has 0 aliphatic rings. The molecule has 128 valence electrons. The van der Waals surface area contributed by atoms with Gasteiger partial charge in [0.25, 0.3) is 5.91 Å². The number of nitrogens with zero attached hydrogens (tertiary/aromatic N) is 1. The molecule has 0 saturated carbocycles. The van der Waals surface area contributed by atoms with E-state index in [1.54, 1.807) is 30.3 Å². The van der Waals surface area contributed by atoms with E-state index in [-0.39, 0.29) is 17.1 Å². The highest BCUT2D eigenvalue weighted by molar-refractivity contribution is 6.03. The van der Waals surface area contributed by atoms with Crippen molar-refractivity contribution in [3.63, 3.8) is 0 Å². The Morgan fingerprint density at radius 2 is 1.68 bits per heavy atom. The molecule has 5 heteroatoms. The maximum absolute atomic E-state index is 12.4. The van der Waals surface area contributed by atoms with Crippen LogP contribution >= 0.6 is 0 Å². The first kappa shape index (κ1) is 16.8. The van der Waals surface area contributed by atoms with Crippen molar-refractivity contribution in [2.45, 2.75) is 26.2 Å². The Labute approximate surface area is 146 Å². The van der Waals surface area contributed by atoms with Crippen molar-refractivity contribution < 1.29 is 9.90 Å². The fourth-order valence-electron chi connectivity index (χ4n) is 2.47. The molecule has 3 N–H and O–H groups in total. The number of phenolic OH excluding ortho intramolecular Hbond substituents is 1. The smallest absolute Gasteiger partial charge is 0.273 e. The fraction of sp³-hybridized carbons (Fsp3) is 0.200. The number of aromatic hydroxyl groups is 1. The molecule has 0 spiro atoms. The molecular weight excluding hydrogens is 314 g/mol. The third-order valence-electron chi connectivity index (χ3n) is 3.99. The quantitative estimate of drug-likeness (QED) is 0.666. The van der Waals surface area contributed by atoms with Crippen LogP contribution in [0.1, 0.15) is 36.8 Å². The largest absolute Gasteiger partial charge is 0.508 e. The Kier molecular flexibility index (Phi) is 4.31. The van der Waals surface area contributed by atoms with Gasteiger partial charge in [0, 0.05) is 11.3 Å². The average Bonchev–Trinajstić information content (AvgIpc) is 3.05. The molecule has 25 heavy (non-hydrogen) atoms. The van der Waals surface area contributed by atoms with E-state index in [4.69, 9.17) is 0 Å². The molecule has 0 aliphatic carbocycles. The topological polar surface area (TPSA) is 78.0 Å². The summed E-state index contributed by atoms with van der Waals surface area (Å²) in [7, 11) is 0. The second kappa shape index (κ2) is 6.43. The first-order chi connectivity index (χ1) is 11.8. The lowest BCUT2D eigenvalue weighted by Crippen LogP contribution is -2.14. The molecule has 0 atom stereocenters. The lowest BCUT2D eigenvalue weighted by molar-refractivity contribution is 0.102. The van der Waals surface area contributed by atoms with Gasteiger partial charge in [-0.05, 0) is 53.4 Å². The number of carbonyl (C=O) groups is 1. The zero-order valence-electron chi connectivity index (χ0n) is 14.5. The Morgan fingerprint density at radius 1 is 1.04 bits per heavy atom. The Hall–Kier alpha value is -3.08. The molecule has 1 heterocycles. The zero-order valence-corrected chi connectivity index (χ0v) is 14.5. The van der Waals surface area contributed by atoms with Crippen LogP contribution in [0.2, 0.25) is 0 Å². The number of nitrogens with one attached hydrogen (secondary N) is 2. The molecule has 0 radical (unpaired) electrons. The first-order valence-electron chi connectivity index (χ1n) is 8.10. The summed E-state index contributed by atoms with van der Waals surface area (Å²) in [5, 5.41) is 19.1. The van der Waals surface area contributed by atoms with Crippen LogP contribution < -0.4 is 5.32 Å². The summed E-state index contributed by atoms with van der Waals surface area (Å²) in [5.74, 6) is -0.0583. The lowest BCUT2D eigenvalue weighted by atomic mass is 9.87. The molecule has 0 bridgehead atoms. The van der Waals surface area contributed by atoms with E-state index in [2.05, 4.69) is 36.3 Å². The third-order valence-corrected chi connectivity index (χ3v) is 3.99. The Morgan fingerprint density at radius 3 is 2.28 bits per heavy atom. The minimum absolute atomic E-state index is 0.0743. The van der Waals surface area contributed by atoms with Crippen LogP contribution in [0.15, 0.2) is 54.6 Å². The van der Waals surface area contributed by atoms with Crippen LogP contribution in [0, 0.1) is 0 Å². The number of benzene rings is 2. The molecule has 5 nitrogen and oxygen atoms in total. The predicted octanol–water partition coefficient (Wildman–Crippen LogP) is 4.33. The van der Waals surface area contributed by atoms with Crippen LogP contribution in [0.5, 0.6) is 5.75 Å². The molecule has 0 unspecified atom stereocenters. The number of phenols is 1. The summed E-state index contributed by atoms with van der Waals surface area (Å²) in [5.41, 5.74) is 3.87. The molecular formula is C20H21N3O2. The van der Waals surface area contributed by atoms with Crippen molar-refractivity contribution >= 4 is 11.6 Å². The molecule has 3 aromatic rings. The van der Waals surface area contributed by atoms with Gasteiger partial charge in [0.05, 0.1) is 5.69 Å². The summed E-state index contributed by atoms with van der Waals surface area (Å²) in [4.78, 5) is 12.4. The summed E-state index contributed by atoms with van der Waals surface area (Å²) in [6.45, 7) is 6.45. The van der Waals surface area contributed by atoms with Crippen molar-refractivity contribution in [3.05, 3.63) is 65.9 Å². The highest BCUT2D eigenvalue weighted by Gasteiger charge is 2.14. The fourth-order valence-corrected chi connectivity index (χ4v) is 2.47. The predicted molar refractivity (Wildman–Crippen MR) is 98.8 cm³/mol. The normalized spacial score (nSPS) is 11.3. The van der Waals surface area contributed by atoms with Crippen LogP contribution in [-0.4, -0.2) is 21.2 Å². The summed E-state index contributed by atoms with van der Waals surface area (Å²) in [6.07, 6.45) is 0. The number of H-pyrrole nitrogens is 1. The first-order valence-corrected chi connectivity index (χ1v) is 8.10. The van der Waals surface area contributed by atoms with E-state index >= 15 is 0 Å². The van der Waals surface area contributed by atoms with E-state index in [9.17, 15) is 9.90 Å². The van der Waals surface area contributed by atoms with Gasteiger partial charge in [0.15, 0.2) is 0 Å². The van der Waals surface area contributed by atoms with Crippen molar-refractivity contribution in [3.8, 4) is 17.0 Å². The van der Waals surface area contributed by atoms with Gasteiger partial charge >= 0.3 is 0 Å².